The predicted molar refractivity (Wildman–Crippen MR) is 74.3 cm³/mol. The topological polar surface area (TPSA) is 95.2 Å². The molecule has 0 atom stereocenters. The third-order valence-electron chi connectivity index (χ3n) is 2.50. The number of nitro benzene ring substituents is 1. The number of hydrogen-bond acceptors (Lipinski definition) is 4. The Morgan fingerprint density at radius 1 is 1.00 bits per heavy atom. The van der Waals surface area contributed by atoms with Crippen LogP contribution < -0.4 is 11.5 Å². The summed E-state index contributed by atoms with van der Waals surface area (Å²) in [6.07, 6.45) is 0. The molecule has 4 N–H and O–H groups in total. The Morgan fingerprint density at radius 2 is 1.68 bits per heavy atom. The SMILES string of the molecule is Nc1ccc(C#Cc2cc([N+](=O)[O-])ccc2N)cc1. The third-order valence-corrected chi connectivity index (χ3v) is 2.50. The van der Waals surface area contributed by atoms with Gasteiger partial charge in [0.25, 0.3) is 5.69 Å². The summed E-state index contributed by atoms with van der Waals surface area (Å²) >= 11 is 0. The van der Waals surface area contributed by atoms with Gasteiger partial charge in [0, 0.05) is 29.1 Å². The van der Waals surface area contributed by atoms with Crippen molar-refractivity contribution >= 4 is 17.1 Å². The fourth-order valence-electron chi connectivity index (χ4n) is 1.47. The van der Waals surface area contributed by atoms with Crippen LogP contribution in [0.1, 0.15) is 11.1 Å². The molecule has 0 spiro atoms. The Balaban J connectivity index is 2.36. The van der Waals surface area contributed by atoms with Crippen LogP contribution in [0.2, 0.25) is 0 Å². The molecule has 0 amide bonds. The molecule has 0 heterocycles. The molecule has 0 radical (unpaired) electrons. The Morgan fingerprint density at radius 3 is 2.32 bits per heavy atom. The van der Waals surface area contributed by atoms with E-state index in [2.05, 4.69) is 11.8 Å². The van der Waals surface area contributed by atoms with Gasteiger partial charge in [-0.1, -0.05) is 11.8 Å². The van der Waals surface area contributed by atoms with Crippen LogP contribution in [0.25, 0.3) is 0 Å². The van der Waals surface area contributed by atoms with Crippen molar-refractivity contribution in [3.63, 3.8) is 0 Å². The van der Waals surface area contributed by atoms with Crippen LogP contribution in [-0.2, 0) is 0 Å². The van der Waals surface area contributed by atoms with Crippen molar-refractivity contribution in [2.24, 2.45) is 0 Å². The standard InChI is InChI=1S/C14H11N3O2/c15-12-5-2-10(3-6-12)1-4-11-9-13(17(18)19)7-8-14(11)16/h2-3,5-9H,15-16H2. The summed E-state index contributed by atoms with van der Waals surface area (Å²) in [5.74, 6) is 5.71. The molecule has 0 fully saturated rings. The van der Waals surface area contributed by atoms with Crippen molar-refractivity contribution in [3.05, 3.63) is 63.7 Å². The lowest BCUT2D eigenvalue weighted by Crippen LogP contribution is -1.93. The van der Waals surface area contributed by atoms with E-state index in [-0.39, 0.29) is 5.69 Å². The normalized spacial score (nSPS) is 9.47. The maximum absolute atomic E-state index is 10.7. The molecule has 0 saturated heterocycles. The molecule has 0 saturated carbocycles. The number of benzene rings is 2. The van der Waals surface area contributed by atoms with Gasteiger partial charge in [0.1, 0.15) is 0 Å². The summed E-state index contributed by atoms with van der Waals surface area (Å²) in [5.41, 5.74) is 13.5. The Bertz CT molecular complexity index is 682. The molecule has 2 aromatic carbocycles. The highest BCUT2D eigenvalue weighted by Crippen LogP contribution is 2.18. The van der Waals surface area contributed by atoms with Crippen molar-refractivity contribution in [1.29, 1.82) is 0 Å². The fourth-order valence-corrected chi connectivity index (χ4v) is 1.47. The van der Waals surface area contributed by atoms with E-state index in [0.29, 0.717) is 16.9 Å². The van der Waals surface area contributed by atoms with E-state index in [9.17, 15) is 10.1 Å². The van der Waals surface area contributed by atoms with Crippen molar-refractivity contribution in [2.45, 2.75) is 0 Å². The molecule has 0 unspecified atom stereocenters. The van der Waals surface area contributed by atoms with Gasteiger partial charge in [-0.15, -0.1) is 0 Å². The minimum atomic E-state index is -0.478. The average Bonchev–Trinajstić information content (AvgIpc) is 2.39. The Hall–Kier alpha value is -3.00. The molecule has 94 valence electrons. The third kappa shape index (κ3) is 3.01. The van der Waals surface area contributed by atoms with E-state index in [1.807, 2.05) is 0 Å². The van der Waals surface area contributed by atoms with Gasteiger partial charge in [-0.3, -0.25) is 10.1 Å². The van der Waals surface area contributed by atoms with E-state index in [1.54, 1.807) is 24.3 Å². The summed E-state index contributed by atoms with van der Waals surface area (Å²) < 4.78 is 0. The zero-order chi connectivity index (χ0) is 13.8. The number of nitrogens with zero attached hydrogens (tertiary/aromatic N) is 1. The highest BCUT2D eigenvalue weighted by Gasteiger charge is 2.07. The second kappa shape index (κ2) is 5.10. The quantitative estimate of drug-likeness (QED) is 0.352. The van der Waals surface area contributed by atoms with Gasteiger partial charge in [0.2, 0.25) is 0 Å². The molecule has 0 aliphatic heterocycles. The van der Waals surface area contributed by atoms with Crippen LogP contribution in [-0.4, -0.2) is 4.92 Å². The Kier molecular flexibility index (Phi) is 3.35. The van der Waals surface area contributed by atoms with E-state index >= 15 is 0 Å². The van der Waals surface area contributed by atoms with Crippen molar-refractivity contribution in [1.82, 2.24) is 0 Å². The molecule has 0 aliphatic carbocycles. The summed E-state index contributed by atoms with van der Waals surface area (Å²) in [5, 5.41) is 10.7. The number of hydrogen-bond donors (Lipinski definition) is 2. The first-order chi connectivity index (χ1) is 9.06. The van der Waals surface area contributed by atoms with Crippen molar-refractivity contribution in [3.8, 4) is 11.8 Å². The van der Waals surface area contributed by atoms with E-state index in [4.69, 9.17) is 11.5 Å². The smallest absolute Gasteiger partial charge is 0.270 e. The fraction of sp³-hybridized carbons (Fsp3) is 0. The zero-order valence-corrected chi connectivity index (χ0v) is 9.96. The molecule has 2 rings (SSSR count). The van der Waals surface area contributed by atoms with Crippen LogP contribution >= 0.6 is 0 Å². The van der Waals surface area contributed by atoms with Gasteiger partial charge in [0.05, 0.1) is 10.5 Å². The van der Waals surface area contributed by atoms with Gasteiger partial charge in [0.15, 0.2) is 0 Å². The van der Waals surface area contributed by atoms with Gasteiger partial charge < -0.3 is 11.5 Å². The first-order valence-corrected chi connectivity index (χ1v) is 5.48. The van der Waals surface area contributed by atoms with Crippen LogP contribution in [0.3, 0.4) is 0 Å². The van der Waals surface area contributed by atoms with Crippen LogP contribution in [0, 0.1) is 22.0 Å². The average molecular weight is 253 g/mol. The predicted octanol–water partition coefficient (Wildman–Crippen LogP) is 2.16. The van der Waals surface area contributed by atoms with Gasteiger partial charge >= 0.3 is 0 Å². The molecular weight excluding hydrogens is 242 g/mol. The maximum atomic E-state index is 10.7. The van der Waals surface area contributed by atoms with Crippen LogP contribution in [0.15, 0.2) is 42.5 Å². The molecule has 5 heteroatoms. The number of nitrogen functional groups attached to an aromatic ring is 2. The highest BCUT2D eigenvalue weighted by molar-refractivity contribution is 5.61. The number of nitro groups is 1. The summed E-state index contributed by atoms with van der Waals surface area (Å²) in [4.78, 5) is 10.2. The molecular formula is C14H11N3O2. The lowest BCUT2D eigenvalue weighted by Gasteiger charge is -1.98. The van der Waals surface area contributed by atoms with Crippen molar-refractivity contribution < 1.29 is 4.92 Å². The first kappa shape index (κ1) is 12.5. The molecule has 2 aromatic rings. The number of rotatable bonds is 1. The minimum Gasteiger partial charge on any atom is -0.399 e. The van der Waals surface area contributed by atoms with Gasteiger partial charge in [-0.05, 0) is 30.3 Å². The summed E-state index contributed by atoms with van der Waals surface area (Å²) in [7, 11) is 0. The number of non-ortho nitro benzene ring substituents is 1. The Labute approximate surface area is 110 Å². The minimum absolute atomic E-state index is 0.0317. The zero-order valence-electron chi connectivity index (χ0n) is 9.96. The first-order valence-electron chi connectivity index (χ1n) is 5.48. The molecule has 19 heavy (non-hydrogen) atoms. The van der Waals surface area contributed by atoms with E-state index in [1.165, 1.54) is 18.2 Å². The lowest BCUT2D eigenvalue weighted by atomic mass is 10.1. The summed E-state index contributed by atoms with van der Waals surface area (Å²) in [6, 6.07) is 11.2. The maximum Gasteiger partial charge on any atom is 0.270 e. The number of anilines is 2. The monoisotopic (exact) mass is 253 g/mol. The second-order valence-corrected chi connectivity index (χ2v) is 3.90. The molecule has 0 aromatic heterocycles. The molecule has 5 nitrogen and oxygen atoms in total. The molecule has 0 aliphatic rings. The van der Waals surface area contributed by atoms with Crippen LogP contribution in [0.5, 0.6) is 0 Å². The number of nitrogens with two attached hydrogens (primary N) is 2. The summed E-state index contributed by atoms with van der Waals surface area (Å²) in [6.45, 7) is 0. The van der Waals surface area contributed by atoms with Gasteiger partial charge in [-0.25, -0.2) is 0 Å². The highest BCUT2D eigenvalue weighted by atomic mass is 16.6. The largest absolute Gasteiger partial charge is 0.399 e. The van der Waals surface area contributed by atoms with E-state index in [0.717, 1.165) is 5.56 Å². The van der Waals surface area contributed by atoms with Gasteiger partial charge in [-0.2, -0.15) is 0 Å². The second-order valence-electron chi connectivity index (χ2n) is 3.90. The lowest BCUT2D eigenvalue weighted by molar-refractivity contribution is -0.384. The van der Waals surface area contributed by atoms with E-state index < -0.39 is 4.92 Å². The molecule has 0 bridgehead atoms. The van der Waals surface area contributed by atoms with Crippen molar-refractivity contribution in [2.75, 3.05) is 11.5 Å². The van der Waals surface area contributed by atoms with Crippen LogP contribution in [0.4, 0.5) is 17.1 Å².